The number of carbonyl (C=O) groups excluding carboxylic acids is 2. The van der Waals surface area contributed by atoms with Gasteiger partial charge in [-0.1, -0.05) is 0 Å². The first-order valence-corrected chi connectivity index (χ1v) is 6.14. The fraction of sp³-hybridized carbons (Fsp3) is 0.385. The first kappa shape index (κ1) is 16.4. The number of hydrogen-bond acceptors (Lipinski definition) is 3. The molecule has 0 spiro atoms. The monoisotopic (exact) mass is 301 g/mol. The zero-order chi connectivity index (χ0) is 14.0. The molecule has 0 fully saturated rings. The van der Waals surface area contributed by atoms with E-state index in [1.165, 1.54) is 12.1 Å². The summed E-state index contributed by atoms with van der Waals surface area (Å²) in [5, 5.41) is 5.20. The van der Waals surface area contributed by atoms with Gasteiger partial charge in [-0.2, -0.15) is 0 Å². The van der Waals surface area contributed by atoms with Crippen molar-refractivity contribution in [3.05, 3.63) is 29.1 Å². The van der Waals surface area contributed by atoms with Gasteiger partial charge in [0.25, 0.3) is 5.91 Å². The van der Waals surface area contributed by atoms with E-state index in [2.05, 4.69) is 10.6 Å². The van der Waals surface area contributed by atoms with Crippen LogP contribution in [0.4, 0.5) is 10.1 Å². The summed E-state index contributed by atoms with van der Waals surface area (Å²) in [5.74, 6) is -1.28. The molecular weight excluding hydrogens is 285 g/mol. The van der Waals surface area contributed by atoms with E-state index in [9.17, 15) is 14.0 Å². The number of nitrogens with two attached hydrogens (primary N) is 1. The average Bonchev–Trinajstić information content (AvgIpc) is 2.37. The van der Waals surface area contributed by atoms with Crippen molar-refractivity contribution in [1.82, 2.24) is 5.32 Å². The van der Waals surface area contributed by atoms with E-state index >= 15 is 0 Å². The van der Waals surface area contributed by atoms with Crippen molar-refractivity contribution >= 4 is 29.9 Å². The van der Waals surface area contributed by atoms with Gasteiger partial charge in [0.05, 0.1) is 5.56 Å². The van der Waals surface area contributed by atoms with Gasteiger partial charge in [0.15, 0.2) is 0 Å². The van der Waals surface area contributed by atoms with Crippen LogP contribution in [0.15, 0.2) is 12.1 Å². The summed E-state index contributed by atoms with van der Waals surface area (Å²) in [7, 11) is 0. The number of nitrogens with one attached hydrogen (secondary N) is 2. The van der Waals surface area contributed by atoms with Crippen LogP contribution in [0.2, 0.25) is 0 Å². The first-order chi connectivity index (χ1) is 9.01. The molecule has 1 atom stereocenters. The number of carbonyl (C=O) groups is 2. The summed E-state index contributed by atoms with van der Waals surface area (Å²) < 4.78 is 13.9. The topological polar surface area (TPSA) is 84.2 Å². The summed E-state index contributed by atoms with van der Waals surface area (Å²) in [6.07, 6.45) is 0.854. The number of benzene rings is 1. The van der Waals surface area contributed by atoms with Crippen molar-refractivity contribution in [2.75, 3.05) is 11.9 Å². The zero-order valence-corrected chi connectivity index (χ0v) is 11.8. The van der Waals surface area contributed by atoms with Gasteiger partial charge in [-0.25, -0.2) is 4.39 Å². The minimum absolute atomic E-state index is 0. The fourth-order valence-electron chi connectivity index (χ4n) is 1.94. The van der Waals surface area contributed by atoms with Crippen molar-refractivity contribution in [3.63, 3.8) is 0 Å². The number of halogens is 2. The van der Waals surface area contributed by atoms with E-state index in [0.717, 1.165) is 5.56 Å². The Bertz CT molecular complexity index is 537. The number of rotatable bonds is 3. The Labute approximate surface area is 122 Å². The molecular formula is C13H17ClFN3O2. The maximum absolute atomic E-state index is 13.9. The average molecular weight is 302 g/mol. The van der Waals surface area contributed by atoms with Crippen molar-refractivity contribution < 1.29 is 14.0 Å². The first-order valence-electron chi connectivity index (χ1n) is 6.14. The third-order valence-electron chi connectivity index (χ3n) is 3.06. The van der Waals surface area contributed by atoms with Gasteiger partial charge in [-0.05, 0) is 31.0 Å². The molecule has 1 heterocycles. The third kappa shape index (κ3) is 3.46. The molecule has 110 valence electrons. The maximum Gasteiger partial charge on any atom is 0.254 e. The van der Waals surface area contributed by atoms with Crippen LogP contribution in [0.25, 0.3) is 0 Å². The van der Waals surface area contributed by atoms with Crippen molar-refractivity contribution in [2.45, 2.75) is 25.8 Å². The molecule has 2 rings (SSSR count). The van der Waals surface area contributed by atoms with Crippen molar-refractivity contribution in [1.29, 1.82) is 0 Å². The van der Waals surface area contributed by atoms with Crippen LogP contribution in [-0.4, -0.2) is 24.4 Å². The molecule has 1 aromatic rings. The third-order valence-corrected chi connectivity index (χ3v) is 3.06. The van der Waals surface area contributed by atoms with Gasteiger partial charge in [-0.15, -0.1) is 12.4 Å². The molecule has 1 aliphatic heterocycles. The van der Waals surface area contributed by atoms with Crippen LogP contribution in [-0.2, 0) is 11.2 Å². The maximum atomic E-state index is 13.9. The van der Waals surface area contributed by atoms with Crippen LogP contribution in [0, 0.1) is 5.82 Å². The van der Waals surface area contributed by atoms with Crippen LogP contribution >= 0.6 is 12.4 Å². The van der Waals surface area contributed by atoms with E-state index < -0.39 is 11.7 Å². The Hall–Kier alpha value is -1.66. The fourth-order valence-corrected chi connectivity index (χ4v) is 1.94. The molecule has 1 aromatic carbocycles. The van der Waals surface area contributed by atoms with Crippen LogP contribution < -0.4 is 16.4 Å². The van der Waals surface area contributed by atoms with Crippen molar-refractivity contribution in [2.24, 2.45) is 5.73 Å². The summed E-state index contributed by atoms with van der Waals surface area (Å²) in [6.45, 7) is 2.03. The highest BCUT2D eigenvalue weighted by Crippen LogP contribution is 2.25. The highest BCUT2D eigenvalue weighted by molar-refractivity contribution is 5.98. The zero-order valence-electron chi connectivity index (χ0n) is 11.0. The van der Waals surface area contributed by atoms with E-state index in [4.69, 9.17) is 5.73 Å². The lowest BCUT2D eigenvalue weighted by molar-refractivity contribution is -0.116. The number of aryl methyl sites for hydroxylation is 1. The minimum Gasteiger partial charge on any atom is -0.348 e. The molecule has 0 aliphatic carbocycles. The lowest BCUT2D eigenvalue weighted by atomic mass is 9.99. The molecule has 5 nitrogen and oxygen atoms in total. The Morgan fingerprint density at radius 3 is 2.85 bits per heavy atom. The molecule has 2 amide bonds. The summed E-state index contributed by atoms with van der Waals surface area (Å²) >= 11 is 0. The van der Waals surface area contributed by atoms with E-state index in [1.807, 2.05) is 0 Å². The smallest absolute Gasteiger partial charge is 0.254 e. The molecule has 7 heteroatoms. The molecule has 0 radical (unpaired) electrons. The summed E-state index contributed by atoms with van der Waals surface area (Å²) in [4.78, 5) is 23.1. The van der Waals surface area contributed by atoms with Gasteiger partial charge in [0.1, 0.15) is 5.82 Å². The second-order valence-electron chi connectivity index (χ2n) is 4.65. The standard InChI is InChI=1S/C13H16FN3O2.ClH/c1-7(6-15)16-13(19)9-4-8-2-3-12(18)17-11(8)5-10(9)14;/h4-5,7H,2-3,6,15H2,1H3,(H,16,19)(H,17,18);1H/t7-;/m0./s1. The summed E-state index contributed by atoms with van der Waals surface area (Å²) in [5.41, 5.74) is 6.60. The number of fused-ring (bicyclic) bond motifs is 1. The van der Waals surface area contributed by atoms with Crippen LogP contribution in [0.5, 0.6) is 0 Å². The molecule has 0 aromatic heterocycles. The molecule has 0 unspecified atom stereocenters. The predicted octanol–water partition coefficient (Wildman–Crippen LogP) is 1.21. The van der Waals surface area contributed by atoms with Crippen LogP contribution in [0.1, 0.15) is 29.3 Å². The highest BCUT2D eigenvalue weighted by Gasteiger charge is 2.21. The molecule has 4 N–H and O–H groups in total. The summed E-state index contributed by atoms with van der Waals surface area (Å²) in [6, 6.07) is 2.46. The lowest BCUT2D eigenvalue weighted by Crippen LogP contribution is -2.38. The normalized spacial score (nSPS) is 14.7. The number of anilines is 1. The SMILES string of the molecule is C[C@@H](CN)NC(=O)c1cc2c(cc1F)NC(=O)CC2.Cl. The van der Waals surface area contributed by atoms with Gasteiger partial charge in [0, 0.05) is 24.7 Å². The molecule has 0 saturated heterocycles. The highest BCUT2D eigenvalue weighted by atomic mass is 35.5. The number of amides is 2. The van der Waals surface area contributed by atoms with Gasteiger partial charge >= 0.3 is 0 Å². The van der Waals surface area contributed by atoms with E-state index in [0.29, 0.717) is 18.5 Å². The second kappa shape index (κ2) is 6.67. The Kier molecular flexibility index (Phi) is 5.47. The van der Waals surface area contributed by atoms with E-state index in [-0.39, 0.29) is 36.5 Å². The van der Waals surface area contributed by atoms with Gasteiger partial charge in [0.2, 0.25) is 5.91 Å². The van der Waals surface area contributed by atoms with Gasteiger partial charge in [-0.3, -0.25) is 9.59 Å². The van der Waals surface area contributed by atoms with Crippen molar-refractivity contribution in [3.8, 4) is 0 Å². The Balaban J connectivity index is 0.00000200. The lowest BCUT2D eigenvalue weighted by Gasteiger charge is -2.18. The largest absolute Gasteiger partial charge is 0.348 e. The molecule has 20 heavy (non-hydrogen) atoms. The Morgan fingerprint density at radius 1 is 1.50 bits per heavy atom. The number of hydrogen-bond donors (Lipinski definition) is 3. The van der Waals surface area contributed by atoms with Crippen LogP contribution in [0.3, 0.4) is 0 Å². The minimum atomic E-state index is -0.650. The molecule has 0 saturated carbocycles. The second-order valence-corrected chi connectivity index (χ2v) is 4.65. The molecule has 0 bridgehead atoms. The predicted molar refractivity (Wildman–Crippen MR) is 76.6 cm³/mol. The Morgan fingerprint density at radius 2 is 2.20 bits per heavy atom. The van der Waals surface area contributed by atoms with E-state index in [1.54, 1.807) is 6.92 Å². The quantitative estimate of drug-likeness (QED) is 0.784. The molecule has 1 aliphatic rings. The van der Waals surface area contributed by atoms with Gasteiger partial charge < -0.3 is 16.4 Å².